The van der Waals surface area contributed by atoms with Gasteiger partial charge >= 0.3 is 0 Å². The smallest absolute Gasteiger partial charge is 0.192 e. The summed E-state index contributed by atoms with van der Waals surface area (Å²) in [6, 6.07) is 0. The van der Waals surface area contributed by atoms with Gasteiger partial charge in [0.05, 0.1) is 16.4 Å². The van der Waals surface area contributed by atoms with Crippen LogP contribution < -0.4 is 0 Å². The molecule has 1 aromatic heterocycles. The summed E-state index contributed by atoms with van der Waals surface area (Å²) >= 11 is 6.12. The molecule has 0 aromatic carbocycles. The fourth-order valence-electron chi connectivity index (χ4n) is 2.60. The Morgan fingerprint density at radius 2 is 1.82 bits per heavy atom. The summed E-state index contributed by atoms with van der Waals surface area (Å²) in [4.78, 5) is 1.83. The van der Waals surface area contributed by atoms with Gasteiger partial charge in [-0.3, -0.25) is 4.68 Å². The molecule has 0 radical (unpaired) electrons. The molecule has 2 heterocycles. The van der Waals surface area contributed by atoms with Gasteiger partial charge in [0, 0.05) is 25.9 Å². The maximum absolute atomic E-state index is 11.9. The van der Waals surface area contributed by atoms with Crippen molar-refractivity contribution < 1.29 is 8.42 Å². The van der Waals surface area contributed by atoms with E-state index in [2.05, 4.69) is 11.7 Å². The minimum Gasteiger partial charge on any atom is -0.342 e. The second-order valence-corrected chi connectivity index (χ2v) is 7.54. The number of allylic oxidation sites excluding steroid dienone is 3. The van der Waals surface area contributed by atoms with Gasteiger partial charge in [0.2, 0.25) is 0 Å². The maximum Gasteiger partial charge on any atom is 0.192 e. The van der Waals surface area contributed by atoms with Gasteiger partial charge in [0.25, 0.3) is 0 Å². The minimum atomic E-state index is -3.35. The molecule has 7 heteroatoms. The van der Waals surface area contributed by atoms with Crippen molar-refractivity contribution >= 4 is 27.1 Å². The van der Waals surface area contributed by atoms with E-state index in [0.29, 0.717) is 22.0 Å². The van der Waals surface area contributed by atoms with E-state index in [9.17, 15) is 8.42 Å². The zero-order valence-corrected chi connectivity index (χ0v) is 14.3. The molecular weight excluding hydrogens is 322 g/mol. The number of likely N-dealkylation sites (N-methyl/N-ethyl adjacent to an activating group) is 1. The summed E-state index contributed by atoms with van der Waals surface area (Å²) in [5.41, 5.74) is 3.63. The number of nitrogens with zero attached hydrogens (tertiary/aromatic N) is 3. The molecule has 2 rings (SSSR count). The highest BCUT2D eigenvalue weighted by Gasteiger charge is 2.27. The fraction of sp³-hybridized carbons (Fsp3) is 0.400. The first kappa shape index (κ1) is 18.5. The quantitative estimate of drug-likeness (QED) is 0.828. The topological polar surface area (TPSA) is 55.2 Å². The van der Waals surface area contributed by atoms with Crippen molar-refractivity contribution in [2.75, 3.05) is 13.3 Å². The van der Waals surface area contributed by atoms with E-state index in [0.717, 1.165) is 11.3 Å². The molecule has 0 spiro atoms. The highest BCUT2D eigenvalue weighted by atomic mass is 35.5. The molecule has 0 amide bonds. The molecule has 5 nitrogen and oxygen atoms in total. The van der Waals surface area contributed by atoms with E-state index in [4.69, 9.17) is 11.6 Å². The van der Waals surface area contributed by atoms with E-state index in [1.54, 1.807) is 14.0 Å². The molecule has 0 bridgehead atoms. The SMILES string of the molecule is C.C=C1C(Cl)=CC(C)=C(c2nn(C)c(S(C)(=O)=O)c2C)N1C. The van der Waals surface area contributed by atoms with Crippen LogP contribution in [0.1, 0.15) is 25.6 Å². The normalized spacial score (nSPS) is 15.8. The van der Waals surface area contributed by atoms with E-state index >= 15 is 0 Å². The summed E-state index contributed by atoms with van der Waals surface area (Å²) in [5.74, 6) is 0. The van der Waals surface area contributed by atoms with Gasteiger partial charge < -0.3 is 4.90 Å². The monoisotopic (exact) mass is 343 g/mol. The van der Waals surface area contributed by atoms with Gasteiger partial charge in [-0.1, -0.05) is 25.6 Å². The summed E-state index contributed by atoms with van der Waals surface area (Å²) in [7, 11) is 0.120. The number of rotatable bonds is 2. The lowest BCUT2D eigenvalue weighted by Gasteiger charge is -2.29. The summed E-state index contributed by atoms with van der Waals surface area (Å²) < 4.78 is 25.2. The Labute approximate surface area is 137 Å². The first-order valence-electron chi connectivity index (χ1n) is 6.30. The molecule has 22 heavy (non-hydrogen) atoms. The Morgan fingerprint density at radius 3 is 2.27 bits per heavy atom. The predicted molar refractivity (Wildman–Crippen MR) is 91.2 cm³/mol. The third-order valence-corrected chi connectivity index (χ3v) is 5.13. The maximum atomic E-state index is 11.9. The second kappa shape index (κ2) is 5.93. The second-order valence-electron chi connectivity index (χ2n) is 5.20. The highest BCUT2D eigenvalue weighted by molar-refractivity contribution is 7.90. The Morgan fingerprint density at radius 1 is 1.27 bits per heavy atom. The molecule has 0 saturated carbocycles. The summed E-state index contributed by atoms with van der Waals surface area (Å²) in [5, 5.41) is 5.17. The van der Waals surface area contributed by atoms with Crippen molar-refractivity contribution in [3.05, 3.63) is 40.2 Å². The van der Waals surface area contributed by atoms with Crippen LogP contribution in [0.15, 0.2) is 34.0 Å². The van der Waals surface area contributed by atoms with E-state index < -0.39 is 9.84 Å². The van der Waals surface area contributed by atoms with Crippen LogP contribution in [0.2, 0.25) is 0 Å². The van der Waals surface area contributed by atoms with Crippen molar-refractivity contribution in [3.8, 4) is 0 Å². The third kappa shape index (κ3) is 2.85. The Balaban J connectivity index is 0.00000242. The molecule has 1 aliphatic rings. The zero-order valence-electron chi connectivity index (χ0n) is 12.7. The molecule has 0 unspecified atom stereocenters. The standard InChI is InChI=1S/C14H18ClN3O2S.CH4/c1-8-7-11(15)10(3)17(4)13(8)12-9(2)14(18(5)16-12)21(6,19)20;/h7H,3H2,1-2,4-6H3;1H4. The van der Waals surface area contributed by atoms with Crippen LogP contribution in [0.4, 0.5) is 0 Å². The first-order valence-corrected chi connectivity index (χ1v) is 8.57. The van der Waals surface area contributed by atoms with E-state index in [1.165, 1.54) is 10.9 Å². The third-order valence-electron chi connectivity index (χ3n) is 3.53. The van der Waals surface area contributed by atoms with Crippen molar-refractivity contribution in [1.29, 1.82) is 0 Å². The number of hydrogen-bond acceptors (Lipinski definition) is 4. The molecule has 1 aromatic rings. The number of halogens is 1. The van der Waals surface area contributed by atoms with Gasteiger partial charge in [0.15, 0.2) is 14.9 Å². The zero-order chi connectivity index (χ0) is 16.1. The van der Waals surface area contributed by atoms with E-state index in [-0.39, 0.29) is 12.5 Å². The first-order chi connectivity index (χ1) is 9.55. The number of hydrogen-bond donors (Lipinski definition) is 0. The number of aromatic nitrogens is 2. The highest BCUT2D eigenvalue weighted by Crippen LogP contribution is 2.36. The molecule has 0 N–H and O–H groups in total. The van der Waals surface area contributed by atoms with Gasteiger partial charge in [0.1, 0.15) is 5.69 Å². The lowest BCUT2D eigenvalue weighted by atomic mass is 10.0. The Kier molecular flexibility index (Phi) is 4.99. The molecule has 0 atom stereocenters. The van der Waals surface area contributed by atoms with Crippen molar-refractivity contribution in [2.24, 2.45) is 7.05 Å². The largest absolute Gasteiger partial charge is 0.342 e. The molecule has 122 valence electrons. The van der Waals surface area contributed by atoms with Gasteiger partial charge in [-0.25, -0.2) is 8.42 Å². The molecule has 0 saturated heterocycles. The minimum absolute atomic E-state index is 0. The van der Waals surface area contributed by atoms with Crippen LogP contribution in [0.3, 0.4) is 0 Å². The average Bonchev–Trinajstić information content (AvgIpc) is 2.61. The van der Waals surface area contributed by atoms with Crippen molar-refractivity contribution in [2.45, 2.75) is 26.3 Å². The van der Waals surface area contributed by atoms with Crippen molar-refractivity contribution in [3.63, 3.8) is 0 Å². The predicted octanol–water partition coefficient (Wildman–Crippen LogP) is 3.08. The van der Waals surface area contributed by atoms with Crippen LogP contribution in [-0.4, -0.2) is 36.4 Å². The van der Waals surface area contributed by atoms with Crippen LogP contribution in [0.25, 0.3) is 5.70 Å². The van der Waals surface area contributed by atoms with Crippen LogP contribution >= 0.6 is 11.6 Å². The molecular formula is C15H22ClN3O2S. The van der Waals surface area contributed by atoms with Gasteiger partial charge in [-0.2, -0.15) is 5.10 Å². The summed E-state index contributed by atoms with van der Waals surface area (Å²) in [6.45, 7) is 7.60. The van der Waals surface area contributed by atoms with Crippen LogP contribution in [0.5, 0.6) is 0 Å². The Bertz CT molecular complexity index is 801. The number of sulfone groups is 1. The van der Waals surface area contributed by atoms with Crippen LogP contribution in [-0.2, 0) is 16.9 Å². The average molecular weight is 344 g/mol. The molecule has 1 aliphatic heterocycles. The fourth-order valence-corrected chi connectivity index (χ4v) is 4.07. The summed E-state index contributed by atoms with van der Waals surface area (Å²) in [6.07, 6.45) is 3.00. The van der Waals surface area contributed by atoms with E-state index in [1.807, 2.05) is 24.9 Å². The van der Waals surface area contributed by atoms with Gasteiger partial charge in [-0.05, 0) is 25.5 Å². The number of aryl methyl sites for hydroxylation is 1. The Hall–Kier alpha value is -1.53. The van der Waals surface area contributed by atoms with Crippen LogP contribution in [0, 0.1) is 6.92 Å². The van der Waals surface area contributed by atoms with Crippen molar-refractivity contribution in [1.82, 2.24) is 14.7 Å². The molecule has 0 aliphatic carbocycles. The molecule has 0 fully saturated rings. The van der Waals surface area contributed by atoms with Gasteiger partial charge in [-0.15, -0.1) is 0 Å². The lowest BCUT2D eigenvalue weighted by molar-refractivity contribution is 0.579. The lowest BCUT2D eigenvalue weighted by Crippen LogP contribution is -2.21.